The Bertz CT molecular complexity index is 725. The van der Waals surface area contributed by atoms with Gasteiger partial charge in [0.05, 0.1) is 16.3 Å². The highest BCUT2D eigenvalue weighted by Crippen LogP contribution is 2.21. The number of hydrogen-bond acceptors (Lipinski definition) is 3. The molecule has 2 aromatic carbocycles. The van der Waals surface area contributed by atoms with Gasteiger partial charge in [-0.05, 0) is 36.8 Å². The van der Waals surface area contributed by atoms with Crippen molar-refractivity contribution >= 4 is 41.0 Å². The summed E-state index contributed by atoms with van der Waals surface area (Å²) >= 11 is 11.7. The lowest BCUT2D eigenvalue weighted by Gasteiger charge is -2.01. The Kier molecular flexibility index (Phi) is 5.75. The average Bonchev–Trinajstić information content (AvgIpc) is 2.51. The Morgan fingerprint density at radius 1 is 1.14 bits per heavy atom. The Balaban J connectivity index is 2.01. The van der Waals surface area contributed by atoms with Crippen LogP contribution in [0.3, 0.4) is 0 Å². The average molecular weight is 334 g/mol. The van der Waals surface area contributed by atoms with Crippen molar-refractivity contribution in [3.05, 3.63) is 75.8 Å². The van der Waals surface area contributed by atoms with E-state index in [1.165, 1.54) is 12.1 Å². The summed E-state index contributed by atoms with van der Waals surface area (Å²) in [6, 6.07) is 14.3. The minimum absolute atomic E-state index is 0.217. The molecule has 2 rings (SSSR count). The smallest absolute Gasteiger partial charge is 0.312 e. The lowest BCUT2D eigenvalue weighted by atomic mass is 10.2. The van der Waals surface area contributed by atoms with E-state index in [2.05, 4.69) is 5.16 Å². The molecule has 0 bridgehead atoms. The first kappa shape index (κ1) is 16.3. The van der Waals surface area contributed by atoms with Crippen molar-refractivity contribution in [3.63, 3.8) is 0 Å². The summed E-state index contributed by atoms with van der Waals surface area (Å²) in [6.07, 6.45) is 3.63. The first-order valence-electron chi connectivity index (χ1n) is 6.50. The van der Waals surface area contributed by atoms with Crippen LogP contribution in [0.5, 0.6) is 0 Å². The van der Waals surface area contributed by atoms with E-state index in [0.29, 0.717) is 10.7 Å². The van der Waals surface area contributed by atoms with Gasteiger partial charge in [0.25, 0.3) is 0 Å². The van der Waals surface area contributed by atoms with Crippen LogP contribution >= 0.6 is 23.2 Å². The number of rotatable bonds is 4. The molecule has 0 aliphatic carbocycles. The quantitative estimate of drug-likeness (QED) is 0.436. The van der Waals surface area contributed by atoms with E-state index >= 15 is 0 Å². The molecule has 0 heterocycles. The topological polar surface area (TPSA) is 38.7 Å². The number of halogens is 2. The van der Waals surface area contributed by atoms with E-state index in [0.717, 1.165) is 5.56 Å². The highest BCUT2D eigenvalue weighted by molar-refractivity contribution is 6.36. The molecule has 0 atom stereocenters. The molecule has 2 aromatic rings. The molecule has 0 radical (unpaired) electrons. The molecule has 0 aliphatic rings. The van der Waals surface area contributed by atoms with Crippen molar-refractivity contribution in [3.8, 4) is 0 Å². The number of hydrogen-bond donors (Lipinski definition) is 0. The summed E-state index contributed by atoms with van der Waals surface area (Å²) in [7, 11) is 0. The molecule has 0 aromatic heterocycles. The Morgan fingerprint density at radius 2 is 1.86 bits per heavy atom. The van der Waals surface area contributed by atoms with Crippen LogP contribution in [0, 0.1) is 0 Å². The molecule has 112 valence electrons. The van der Waals surface area contributed by atoms with E-state index in [1.807, 2.05) is 36.4 Å². The van der Waals surface area contributed by atoms with Crippen molar-refractivity contribution in [2.24, 2.45) is 5.16 Å². The maximum Gasteiger partial charge on any atom is 0.367 e. The van der Waals surface area contributed by atoms with Crippen molar-refractivity contribution in [2.45, 2.75) is 6.92 Å². The van der Waals surface area contributed by atoms with Gasteiger partial charge >= 0.3 is 5.97 Å². The molecule has 0 amide bonds. The van der Waals surface area contributed by atoms with Gasteiger partial charge in [-0.25, -0.2) is 4.79 Å². The summed E-state index contributed by atoms with van der Waals surface area (Å²) < 4.78 is 0. The largest absolute Gasteiger partial charge is 0.367 e. The molecule has 0 saturated heterocycles. The van der Waals surface area contributed by atoms with Crippen LogP contribution < -0.4 is 0 Å². The van der Waals surface area contributed by atoms with Crippen LogP contribution in [0.15, 0.2) is 59.8 Å². The molecular formula is C17H13Cl2NO2. The molecule has 0 spiro atoms. The normalized spacial score (nSPS) is 11.7. The lowest BCUT2D eigenvalue weighted by Crippen LogP contribution is -2.03. The van der Waals surface area contributed by atoms with Crippen molar-refractivity contribution in [1.29, 1.82) is 0 Å². The maximum absolute atomic E-state index is 11.9. The zero-order valence-electron chi connectivity index (χ0n) is 11.8. The number of benzene rings is 2. The summed E-state index contributed by atoms with van der Waals surface area (Å²) in [5, 5.41) is 4.45. The molecule has 5 heteroatoms. The first-order valence-corrected chi connectivity index (χ1v) is 7.26. The van der Waals surface area contributed by atoms with Crippen LogP contribution in [-0.4, -0.2) is 11.7 Å². The minimum Gasteiger partial charge on any atom is -0.312 e. The second kappa shape index (κ2) is 7.78. The van der Waals surface area contributed by atoms with Crippen molar-refractivity contribution < 1.29 is 9.63 Å². The summed E-state index contributed by atoms with van der Waals surface area (Å²) in [6.45, 7) is 1.73. The van der Waals surface area contributed by atoms with Crippen LogP contribution in [0.25, 0.3) is 6.08 Å². The number of carbonyl (C=O) groups is 1. The van der Waals surface area contributed by atoms with Gasteiger partial charge in [-0.1, -0.05) is 64.8 Å². The van der Waals surface area contributed by atoms with Crippen LogP contribution in [0.2, 0.25) is 10.0 Å². The van der Waals surface area contributed by atoms with Crippen LogP contribution in [0.4, 0.5) is 0 Å². The minimum atomic E-state index is -0.630. The highest BCUT2D eigenvalue weighted by atomic mass is 35.5. The second-order valence-electron chi connectivity index (χ2n) is 4.48. The van der Waals surface area contributed by atoms with Gasteiger partial charge in [-0.2, -0.15) is 0 Å². The van der Waals surface area contributed by atoms with E-state index in [-0.39, 0.29) is 10.6 Å². The van der Waals surface area contributed by atoms with Gasteiger partial charge in [0, 0.05) is 5.02 Å². The Hall–Kier alpha value is -2.10. The third kappa shape index (κ3) is 4.72. The fourth-order valence-corrected chi connectivity index (χ4v) is 2.11. The predicted octanol–water partition coefficient (Wildman–Crippen LogP) is 5.24. The number of nitrogens with zero attached hydrogens (tertiary/aromatic N) is 1. The van der Waals surface area contributed by atoms with Gasteiger partial charge in [0.2, 0.25) is 0 Å². The molecular weight excluding hydrogens is 321 g/mol. The van der Waals surface area contributed by atoms with Gasteiger partial charge in [-0.3, -0.25) is 0 Å². The zero-order chi connectivity index (χ0) is 15.9. The molecule has 0 N–H and O–H groups in total. The SMILES string of the molecule is CC(C=Cc1ccccc1)=NOC(=O)c1ccc(Cl)cc1Cl. The summed E-state index contributed by atoms with van der Waals surface area (Å²) in [5.74, 6) is -0.630. The fourth-order valence-electron chi connectivity index (χ4n) is 1.63. The molecule has 3 nitrogen and oxygen atoms in total. The molecule has 0 fully saturated rings. The van der Waals surface area contributed by atoms with Gasteiger partial charge in [0.1, 0.15) is 0 Å². The molecule has 0 unspecified atom stereocenters. The highest BCUT2D eigenvalue weighted by Gasteiger charge is 2.12. The number of carbonyl (C=O) groups excluding carboxylic acids is 1. The number of allylic oxidation sites excluding steroid dienone is 1. The van der Waals surface area contributed by atoms with E-state index in [4.69, 9.17) is 28.0 Å². The van der Waals surface area contributed by atoms with Gasteiger partial charge in [0.15, 0.2) is 0 Å². The fraction of sp³-hybridized carbons (Fsp3) is 0.0588. The van der Waals surface area contributed by atoms with Crippen LogP contribution in [-0.2, 0) is 4.84 Å². The summed E-state index contributed by atoms with van der Waals surface area (Å²) in [5.41, 5.74) is 1.81. The lowest BCUT2D eigenvalue weighted by molar-refractivity contribution is 0.0517. The van der Waals surface area contributed by atoms with Crippen LogP contribution in [0.1, 0.15) is 22.8 Å². The number of oxime groups is 1. The standard InChI is InChI=1S/C17H13Cl2NO2/c1-12(7-8-13-5-3-2-4-6-13)20-22-17(21)15-10-9-14(18)11-16(15)19/h2-11H,1H3. The van der Waals surface area contributed by atoms with Crippen molar-refractivity contribution in [2.75, 3.05) is 0 Å². The Labute approximate surface area is 138 Å². The zero-order valence-corrected chi connectivity index (χ0v) is 13.3. The first-order chi connectivity index (χ1) is 10.6. The van der Waals surface area contributed by atoms with Gasteiger partial charge in [-0.15, -0.1) is 0 Å². The predicted molar refractivity (Wildman–Crippen MR) is 90.5 cm³/mol. The van der Waals surface area contributed by atoms with Crippen molar-refractivity contribution in [1.82, 2.24) is 0 Å². The summed E-state index contributed by atoms with van der Waals surface area (Å²) in [4.78, 5) is 16.7. The van der Waals surface area contributed by atoms with Gasteiger partial charge < -0.3 is 4.84 Å². The molecule has 0 aliphatic heterocycles. The monoisotopic (exact) mass is 333 g/mol. The maximum atomic E-state index is 11.9. The van der Waals surface area contributed by atoms with E-state index in [1.54, 1.807) is 19.1 Å². The Morgan fingerprint density at radius 3 is 2.55 bits per heavy atom. The van der Waals surface area contributed by atoms with E-state index in [9.17, 15) is 4.79 Å². The molecule has 0 saturated carbocycles. The third-order valence-electron chi connectivity index (χ3n) is 2.74. The van der Waals surface area contributed by atoms with E-state index < -0.39 is 5.97 Å². The second-order valence-corrected chi connectivity index (χ2v) is 5.32. The molecule has 22 heavy (non-hydrogen) atoms. The third-order valence-corrected chi connectivity index (χ3v) is 3.29.